The molecule has 0 spiro atoms. The molecule has 2 amide bonds. The fraction of sp³-hybridized carbons (Fsp3) is 0.174. The molecular weight excluding hydrogens is 398 g/mol. The van der Waals surface area contributed by atoms with Crippen molar-refractivity contribution in [2.24, 2.45) is 0 Å². The molecule has 6 nitrogen and oxygen atoms in total. The minimum atomic E-state index is -0.355. The number of furan rings is 1. The van der Waals surface area contributed by atoms with Crippen LogP contribution in [0.4, 0.5) is 11.4 Å². The fourth-order valence-corrected chi connectivity index (χ4v) is 2.94. The lowest BCUT2D eigenvalue weighted by molar-refractivity contribution is 0.0975. The first kappa shape index (κ1) is 21.3. The van der Waals surface area contributed by atoms with Gasteiger partial charge in [-0.3, -0.25) is 14.9 Å². The van der Waals surface area contributed by atoms with Crippen LogP contribution in [0.25, 0.3) is 0 Å². The van der Waals surface area contributed by atoms with Gasteiger partial charge in [0.15, 0.2) is 10.9 Å². The van der Waals surface area contributed by atoms with Gasteiger partial charge < -0.3 is 15.1 Å². The summed E-state index contributed by atoms with van der Waals surface area (Å²) in [6.45, 7) is 6.35. The quantitative estimate of drug-likeness (QED) is 0.519. The number of anilines is 2. The molecule has 0 aliphatic heterocycles. The van der Waals surface area contributed by atoms with Crippen molar-refractivity contribution in [2.45, 2.75) is 26.2 Å². The highest BCUT2D eigenvalue weighted by Gasteiger charge is 2.15. The highest BCUT2D eigenvalue weighted by molar-refractivity contribution is 7.80. The molecule has 7 heteroatoms. The average molecular weight is 422 g/mol. The van der Waals surface area contributed by atoms with Crippen molar-refractivity contribution in [1.82, 2.24) is 5.32 Å². The molecule has 0 saturated heterocycles. The Morgan fingerprint density at radius 3 is 2.13 bits per heavy atom. The predicted octanol–water partition coefficient (Wildman–Crippen LogP) is 4.96. The summed E-state index contributed by atoms with van der Waals surface area (Å²) >= 11 is 5.25. The summed E-state index contributed by atoms with van der Waals surface area (Å²) in [5, 5.41) is 8.52. The summed E-state index contributed by atoms with van der Waals surface area (Å²) in [5.41, 5.74) is 2.87. The summed E-state index contributed by atoms with van der Waals surface area (Å²) in [6.07, 6.45) is 1.44. The molecule has 0 fully saturated rings. The van der Waals surface area contributed by atoms with Crippen LogP contribution in [0.2, 0.25) is 0 Å². The number of thiocarbonyl (C=S) groups is 1. The summed E-state index contributed by atoms with van der Waals surface area (Å²) < 4.78 is 5.08. The van der Waals surface area contributed by atoms with Crippen LogP contribution in [0.3, 0.4) is 0 Å². The maximum atomic E-state index is 12.4. The molecule has 0 radical (unpaired) electrons. The van der Waals surface area contributed by atoms with E-state index in [1.165, 1.54) is 6.26 Å². The number of hydrogen-bond donors (Lipinski definition) is 3. The molecule has 3 rings (SSSR count). The number of carbonyl (C=O) groups is 2. The third kappa shape index (κ3) is 5.55. The minimum Gasteiger partial charge on any atom is -0.459 e. The third-order valence-electron chi connectivity index (χ3n) is 4.36. The van der Waals surface area contributed by atoms with Crippen LogP contribution in [0, 0.1) is 0 Å². The zero-order valence-electron chi connectivity index (χ0n) is 17.0. The number of carbonyl (C=O) groups excluding carboxylic acids is 2. The number of hydrogen-bond acceptors (Lipinski definition) is 4. The highest BCUT2D eigenvalue weighted by Crippen LogP contribution is 2.22. The maximum Gasteiger partial charge on any atom is 0.291 e. The molecule has 0 atom stereocenters. The Morgan fingerprint density at radius 2 is 1.53 bits per heavy atom. The summed E-state index contributed by atoms with van der Waals surface area (Å²) in [5.74, 6) is -0.435. The zero-order chi connectivity index (χ0) is 21.7. The standard InChI is InChI=1S/C23H23N3O3S/c1-23(2,3)16-11-9-15(10-12-16)20(27)26-22(30)25-18-7-4-6-17(14-18)24-21(28)19-8-5-13-29-19/h4-14H,1-3H3,(H,24,28)(H2,25,26,27,30). The third-order valence-corrected chi connectivity index (χ3v) is 4.57. The fourth-order valence-electron chi connectivity index (χ4n) is 2.73. The molecule has 3 aromatic rings. The topological polar surface area (TPSA) is 83.4 Å². The van der Waals surface area contributed by atoms with E-state index in [-0.39, 0.29) is 28.1 Å². The molecule has 0 aliphatic rings. The Hall–Kier alpha value is -3.45. The molecule has 3 N–H and O–H groups in total. The van der Waals surface area contributed by atoms with Crippen LogP contribution < -0.4 is 16.0 Å². The second-order valence-corrected chi connectivity index (χ2v) is 8.16. The van der Waals surface area contributed by atoms with E-state index in [0.29, 0.717) is 16.9 Å². The van der Waals surface area contributed by atoms with Crippen molar-refractivity contribution >= 4 is 40.5 Å². The average Bonchev–Trinajstić information content (AvgIpc) is 3.22. The molecule has 0 aliphatic carbocycles. The van der Waals surface area contributed by atoms with Crippen LogP contribution in [-0.2, 0) is 5.41 Å². The van der Waals surface area contributed by atoms with Gasteiger partial charge in [-0.1, -0.05) is 39.0 Å². The van der Waals surface area contributed by atoms with Gasteiger partial charge in [0.25, 0.3) is 11.8 Å². The van der Waals surface area contributed by atoms with Crippen LogP contribution in [0.5, 0.6) is 0 Å². The molecule has 154 valence electrons. The Morgan fingerprint density at radius 1 is 0.867 bits per heavy atom. The van der Waals surface area contributed by atoms with Gasteiger partial charge in [-0.05, 0) is 65.7 Å². The van der Waals surface area contributed by atoms with Crippen LogP contribution >= 0.6 is 12.2 Å². The van der Waals surface area contributed by atoms with E-state index >= 15 is 0 Å². The number of nitrogens with one attached hydrogen (secondary N) is 3. The van der Waals surface area contributed by atoms with Gasteiger partial charge in [0, 0.05) is 16.9 Å². The Labute approximate surface area is 180 Å². The number of amides is 2. The molecule has 0 bridgehead atoms. The van der Waals surface area contributed by atoms with Crippen molar-refractivity contribution < 1.29 is 14.0 Å². The maximum absolute atomic E-state index is 12.4. The smallest absolute Gasteiger partial charge is 0.291 e. The summed E-state index contributed by atoms with van der Waals surface area (Å²) in [6, 6.07) is 17.7. The molecule has 30 heavy (non-hydrogen) atoms. The Balaban J connectivity index is 1.59. The molecule has 1 aromatic heterocycles. The van der Waals surface area contributed by atoms with E-state index in [4.69, 9.17) is 16.6 Å². The second kappa shape index (κ2) is 8.92. The molecular formula is C23H23N3O3S. The summed E-state index contributed by atoms with van der Waals surface area (Å²) in [7, 11) is 0. The van der Waals surface area contributed by atoms with Crippen molar-refractivity contribution in [3.63, 3.8) is 0 Å². The number of rotatable bonds is 4. The van der Waals surface area contributed by atoms with Crippen LogP contribution in [-0.4, -0.2) is 16.9 Å². The highest BCUT2D eigenvalue weighted by atomic mass is 32.1. The normalized spacial score (nSPS) is 10.9. The van der Waals surface area contributed by atoms with Gasteiger partial charge in [-0.15, -0.1) is 0 Å². The lowest BCUT2D eigenvalue weighted by Crippen LogP contribution is -2.34. The van der Waals surface area contributed by atoms with Crippen molar-refractivity contribution in [2.75, 3.05) is 10.6 Å². The SMILES string of the molecule is CC(C)(C)c1ccc(C(=O)NC(=S)Nc2cccc(NC(=O)c3ccco3)c2)cc1. The van der Waals surface area contributed by atoms with E-state index in [2.05, 4.69) is 36.7 Å². The van der Waals surface area contributed by atoms with Crippen molar-refractivity contribution in [3.05, 3.63) is 83.8 Å². The molecule has 0 saturated carbocycles. The van der Waals surface area contributed by atoms with Gasteiger partial charge in [-0.2, -0.15) is 0 Å². The van der Waals surface area contributed by atoms with E-state index < -0.39 is 0 Å². The van der Waals surface area contributed by atoms with E-state index in [1.807, 2.05) is 12.1 Å². The molecule has 1 heterocycles. The van der Waals surface area contributed by atoms with Gasteiger partial charge in [-0.25, -0.2) is 0 Å². The van der Waals surface area contributed by atoms with Crippen LogP contribution in [0.1, 0.15) is 47.2 Å². The Bertz CT molecular complexity index is 1050. The lowest BCUT2D eigenvalue weighted by Gasteiger charge is -2.19. The van der Waals surface area contributed by atoms with Gasteiger partial charge in [0.05, 0.1) is 6.26 Å². The largest absolute Gasteiger partial charge is 0.459 e. The van der Waals surface area contributed by atoms with Crippen molar-refractivity contribution in [3.8, 4) is 0 Å². The second-order valence-electron chi connectivity index (χ2n) is 7.75. The predicted molar refractivity (Wildman–Crippen MR) is 122 cm³/mol. The van der Waals surface area contributed by atoms with E-state index in [9.17, 15) is 9.59 Å². The van der Waals surface area contributed by atoms with Gasteiger partial charge in [0.2, 0.25) is 0 Å². The van der Waals surface area contributed by atoms with Crippen LogP contribution in [0.15, 0.2) is 71.3 Å². The molecule has 2 aromatic carbocycles. The first-order valence-corrected chi connectivity index (χ1v) is 9.81. The van der Waals surface area contributed by atoms with E-state index in [0.717, 1.165) is 5.56 Å². The van der Waals surface area contributed by atoms with Gasteiger partial charge in [0.1, 0.15) is 0 Å². The first-order chi connectivity index (χ1) is 14.2. The van der Waals surface area contributed by atoms with Crippen molar-refractivity contribution in [1.29, 1.82) is 0 Å². The first-order valence-electron chi connectivity index (χ1n) is 9.40. The monoisotopic (exact) mass is 421 g/mol. The molecule has 0 unspecified atom stereocenters. The Kier molecular flexibility index (Phi) is 6.32. The van der Waals surface area contributed by atoms with Gasteiger partial charge >= 0.3 is 0 Å². The van der Waals surface area contributed by atoms with E-state index in [1.54, 1.807) is 48.5 Å². The zero-order valence-corrected chi connectivity index (χ0v) is 17.8. The number of benzene rings is 2. The lowest BCUT2D eigenvalue weighted by atomic mass is 9.87. The summed E-state index contributed by atoms with van der Waals surface area (Å²) in [4.78, 5) is 24.5. The minimum absolute atomic E-state index is 0.0171.